The molecule has 1 aromatic heterocycles. The van der Waals surface area contributed by atoms with E-state index in [1.807, 2.05) is 0 Å². The Labute approximate surface area is 129 Å². The Morgan fingerprint density at radius 1 is 1.32 bits per heavy atom. The smallest absolute Gasteiger partial charge is 0.221 e. The van der Waals surface area contributed by atoms with Crippen molar-refractivity contribution in [2.45, 2.75) is 24.9 Å². The lowest BCUT2D eigenvalue weighted by Gasteiger charge is -2.25. The van der Waals surface area contributed by atoms with E-state index in [1.165, 1.54) is 15.4 Å². The first-order chi connectivity index (χ1) is 10.6. The average Bonchev–Trinajstić information content (AvgIpc) is 3.10. The predicted molar refractivity (Wildman–Crippen MR) is 73.4 cm³/mol. The number of hydrogen-bond donors (Lipinski definition) is 0. The van der Waals surface area contributed by atoms with Crippen molar-refractivity contribution >= 4 is 18.0 Å². The van der Waals surface area contributed by atoms with Gasteiger partial charge in [-0.05, 0) is 34.8 Å². The monoisotopic (exact) mass is 322 g/mol. The molecule has 114 valence electrons. The van der Waals surface area contributed by atoms with Gasteiger partial charge in [0, 0.05) is 6.42 Å². The first-order valence-corrected chi connectivity index (χ1v) is 7.15. The van der Waals surface area contributed by atoms with E-state index in [4.69, 9.17) is 21.7 Å². The number of para-hydroxylation sites is 1. The topological polar surface area (TPSA) is 71.2 Å². The van der Waals surface area contributed by atoms with Crippen molar-refractivity contribution in [1.82, 2.24) is 19.8 Å². The van der Waals surface area contributed by atoms with Gasteiger partial charge in [-0.15, -0.1) is 0 Å². The Bertz CT molecular complexity index is 805. The molecule has 2 aromatic rings. The number of tetrazole rings is 1. The number of carbonyl (C=O) groups excluding carboxylic acids is 1. The van der Waals surface area contributed by atoms with E-state index in [1.54, 1.807) is 18.2 Å². The number of ether oxygens (including phenoxy) is 2. The molecule has 4 rings (SSSR count). The molecule has 2 saturated heterocycles. The number of carbonyl (C=O) groups is 1. The maximum Gasteiger partial charge on any atom is 0.221 e. The molecule has 1 aromatic carbocycles. The molecule has 9 heteroatoms. The summed E-state index contributed by atoms with van der Waals surface area (Å²) in [4.78, 5) is 11.9. The molecule has 0 spiro atoms. The fourth-order valence-electron chi connectivity index (χ4n) is 2.71. The third-order valence-electron chi connectivity index (χ3n) is 3.81. The van der Waals surface area contributed by atoms with Gasteiger partial charge in [0.05, 0.1) is 12.6 Å². The number of aromatic nitrogens is 4. The van der Waals surface area contributed by atoms with Gasteiger partial charge in [-0.2, -0.15) is 4.68 Å². The highest BCUT2D eigenvalue weighted by Crippen LogP contribution is 2.32. The van der Waals surface area contributed by atoms with E-state index in [2.05, 4.69) is 10.4 Å². The number of nitrogens with zero attached hydrogens (tertiary/aromatic N) is 4. The van der Waals surface area contributed by atoms with Crippen LogP contribution >= 0.6 is 12.2 Å². The van der Waals surface area contributed by atoms with Crippen molar-refractivity contribution in [3.63, 3.8) is 0 Å². The Kier molecular flexibility index (Phi) is 3.13. The second-order valence-corrected chi connectivity index (χ2v) is 5.51. The molecule has 7 nitrogen and oxygen atoms in total. The van der Waals surface area contributed by atoms with E-state index in [9.17, 15) is 9.18 Å². The molecule has 0 N–H and O–H groups in total. The standard InChI is InChI=1S/C13H11FN4O3S/c14-7-3-1-2-4-8(7)17-13(22)18(16-15-17)9-5-10(19)12-20-6-11(9)21-12/h1-4,9,11-12H,5-6H2/t9-,11-,12-/m1/s1. The molecule has 0 saturated carbocycles. The van der Waals surface area contributed by atoms with Crippen molar-refractivity contribution in [1.29, 1.82) is 0 Å². The van der Waals surface area contributed by atoms with Crippen molar-refractivity contribution < 1.29 is 18.7 Å². The van der Waals surface area contributed by atoms with Gasteiger partial charge >= 0.3 is 0 Å². The maximum atomic E-state index is 13.9. The summed E-state index contributed by atoms with van der Waals surface area (Å²) < 4.78 is 27.5. The number of hydrogen-bond acceptors (Lipinski definition) is 6. The van der Waals surface area contributed by atoms with E-state index in [-0.39, 0.29) is 34.8 Å². The predicted octanol–water partition coefficient (Wildman–Crippen LogP) is 1.19. The molecule has 2 aliphatic heterocycles. The van der Waals surface area contributed by atoms with Gasteiger partial charge in [-0.3, -0.25) is 4.79 Å². The fraction of sp³-hybridized carbons (Fsp3) is 0.385. The molecule has 0 radical (unpaired) electrons. The minimum atomic E-state index is -0.781. The zero-order chi connectivity index (χ0) is 15.3. The first-order valence-electron chi connectivity index (χ1n) is 6.74. The lowest BCUT2D eigenvalue weighted by atomic mass is 10.0. The quantitative estimate of drug-likeness (QED) is 0.774. The number of rotatable bonds is 2. The molecule has 22 heavy (non-hydrogen) atoms. The van der Waals surface area contributed by atoms with Gasteiger partial charge in [0.15, 0.2) is 5.78 Å². The zero-order valence-electron chi connectivity index (χ0n) is 11.3. The lowest BCUT2D eigenvalue weighted by Crippen LogP contribution is -2.37. The van der Waals surface area contributed by atoms with Crippen molar-refractivity contribution in [2.24, 2.45) is 0 Å². The summed E-state index contributed by atoms with van der Waals surface area (Å²) >= 11 is 5.33. The van der Waals surface area contributed by atoms with Gasteiger partial charge in [-0.25, -0.2) is 9.07 Å². The maximum absolute atomic E-state index is 13.9. The van der Waals surface area contributed by atoms with E-state index < -0.39 is 12.1 Å². The Balaban J connectivity index is 1.75. The second kappa shape index (κ2) is 5.04. The number of benzene rings is 1. The molecule has 2 fully saturated rings. The lowest BCUT2D eigenvalue weighted by molar-refractivity contribution is -0.156. The molecule has 3 heterocycles. The minimum absolute atomic E-state index is 0.152. The molecular formula is C13H11FN4O3S. The summed E-state index contributed by atoms with van der Waals surface area (Å²) in [6.45, 7) is 0.301. The Morgan fingerprint density at radius 3 is 2.95 bits per heavy atom. The Hall–Kier alpha value is -1.97. The van der Waals surface area contributed by atoms with Crippen LogP contribution in [-0.4, -0.2) is 44.6 Å². The number of ketones is 1. The van der Waals surface area contributed by atoms with Crippen LogP contribution in [0.1, 0.15) is 12.5 Å². The Morgan fingerprint density at radius 2 is 2.14 bits per heavy atom. The van der Waals surface area contributed by atoms with Gasteiger partial charge in [-0.1, -0.05) is 12.1 Å². The summed E-state index contributed by atoms with van der Waals surface area (Å²) in [7, 11) is 0. The van der Waals surface area contributed by atoms with Crippen LogP contribution in [0, 0.1) is 10.6 Å². The molecule has 2 bridgehead atoms. The summed E-state index contributed by atoms with van der Waals surface area (Å²) in [6, 6.07) is 5.75. The average molecular weight is 322 g/mol. The SMILES string of the molecule is O=C1C[C@@H](n2nnn(-c3ccccc3F)c2=S)[C@H]2CO[C@@H]1O2. The van der Waals surface area contributed by atoms with Crippen molar-refractivity contribution in [2.75, 3.05) is 6.61 Å². The van der Waals surface area contributed by atoms with Crippen LogP contribution in [0.5, 0.6) is 0 Å². The molecular weight excluding hydrogens is 311 g/mol. The van der Waals surface area contributed by atoms with Crippen LogP contribution in [0.4, 0.5) is 4.39 Å². The first kappa shape index (κ1) is 13.7. The van der Waals surface area contributed by atoms with Crippen LogP contribution < -0.4 is 0 Å². The van der Waals surface area contributed by atoms with Gasteiger partial charge < -0.3 is 9.47 Å². The third-order valence-corrected chi connectivity index (χ3v) is 4.17. The van der Waals surface area contributed by atoms with Gasteiger partial charge in [0.1, 0.15) is 17.6 Å². The van der Waals surface area contributed by atoms with Crippen LogP contribution in [-0.2, 0) is 14.3 Å². The third kappa shape index (κ3) is 2.01. The largest absolute Gasteiger partial charge is 0.343 e. The van der Waals surface area contributed by atoms with Crippen molar-refractivity contribution in [3.8, 4) is 5.69 Å². The highest BCUT2D eigenvalue weighted by atomic mass is 32.1. The fourth-order valence-corrected chi connectivity index (χ4v) is 3.01. The van der Waals surface area contributed by atoms with Crippen molar-refractivity contribution in [3.05, 3.63) is 34.9 Å². The van der Waals surface area contributed by atoms with Gasteiger partial charge in [0.25, 0.3) is 0 Å². The van der Waals surface area contributed by atoms with E-state index >= 15 is 0 Å². The van der Waals surface area contributed by atoms with E-state index in [0.717, 1.165) is 0 Å². The summed E-state index contributed by atoms with van der Waals surface area (Å²) in [5, 5.41) is 7.89. The van der Waals surface area contributed by atoms with E-state index in [0.29, 0.717) is 6.61 Å². The van der Waals surface area contributed by atoms with Crippen LogP contribution in [0.15, 0.2) is 24.3 Å². The van der Waals surface area contributed by atoms with Crippen LogP contribution in [0.25, 0.3) is 5.69 Å². The molecule has 0 amide bonds. The van der Waals surface area contributed by atoms with Crippen LogP contribution in [0.2, 0.25) is 0 Å². The summed E-state index contributed by atoms with van der Waals surface area (Å²) in [5.74, 6) is -0.605. The number of fused-ring (bicyclic) bond motifs is 2. The molecule has 2 aliphatic rings. The highest BCUT2D eigenvalue weighted by molar-refractivity contribution is 7.71. The number of Topliss-reactive ketones (excluding diaryl/α,β-unsaturated/α-hetero) is 1. The van der Waals surface area contributed by atoms with Gasteiger partial charge in [0.2, 0.25) is 11.1 Å². The normalized spacial score (nSPS) is 27.3. The molecule has 3 atom stereocenters. The van der Waals surface area contributed by atoms with Crippen LogP contribution in [0.3, 0.4) is 0 Å². The zero-order valence-corrected chi connectivity index (χ0v) is 12.1. The minimum Gasteiger partial charge on any atom is -0.343 e. The number of halogens is 1. The second-order valence-electron chi connectivity index (χ2n) is 5.15. The summed E-state index contributed by atoms with van der Waals surface area (Å²) in [5.41, 5.74) is 0.211. The molecule has 0 unspecified atom stereocenters. The highest BCUT2D eigenvalue weighted by Gasteiger charge is 2.45. The molecule has 0 aliphatic carbocycles. The summed E-state index contributed by atoms with van der Waals surface area (Å²) in [6.07, 6.45) is -0.878.